The highest BCUT2D eigenvalue weighted by Crippen LogP contribution is 2.23. The van der Waals surface area contributed by atoms with Crippen LogP contribution in [0.4, 0.5) is 0 Å². The van der Waals surface area contributed by atoms with Crippen LogP contribution in [0.25, 0.3) is 0 Å². The van der Waals surface area contributed by atoms with Gasteiger partial charge in [-0.25, -0.2) is 0 Å². The van der Waals surface area contributed by atoms with Gasteiger partial charge in [0.05, 0.1) is 25.4 Å². The van der Waals surface area contributed by atoms with Crippen LogP contribution in [0.15, 0.2) is 12.2 Å². The van der Waals surface area contributed by atoms with Crippen LogP contribution < -0.4 is 5.32 Å². The highest BCUT2D eigenvalue weighted by Gasteiger charge is 2.44. The number of unbranched alkanes of at least 4 members (excludes halogenated alkanes) is 37. The second-order valence-electron chi connectivity index (χ2n) is 21.1. The first-order chi connectivity index (χ1) is 33.7. The molecule has 1 aliphatic heterocycles. The molecule has 9 unspecified atom stereocenters. The van der Waals surface area contributed by atoms with Gasteiger partial charge in [0.1, 0.15) is 36.6 Å². The van der Waals surface area contributed by atoms with Crippen molar-refractivity contribution in [3.8, 4) is 0 Å². The van der Waals surface area contributed by atoms with Crippen LogP contribution in [0, 0.1) is 0 Å². The largest absolute Gasteiger partial charge is 0.394 e. The fourth-order valence-electron chi connectivity index (χ4n) is 9.74. The summed E-state index contributed by atoms with van der Waals surface area (Å²) in [5.41, 5.74) is 0. The third kappa shape index (κ3) is 36.4. The van der Waals surface area contributed by atoms with E-state index >= 15 is 0 Å². The van der Waals surface area contributed by atoms with Crippen LogP contribution in [0.3, 0.4) is 0 Å². The van der Waals surface area contributed by atoms with Crippen molar-refractivity contribution < 1.29 is 50.0 Å². The van der Waals surface area contributed by atoms with E-state index in [1.165, 1.54) is 205 Å². The molecule has 11 heteroatoms. The van der Waals surface area contributed by atoms with E-state index in [0.717, 1.165) is 38.5 Å². The van der Waals surface area contributed by atoms with Gasteiger partial charge in [-0.2, -0.15) is 0 Å². The molecule has 1 amide bonds. The van der Waals surface area contributed by atoms with Crippen molar-refractivity contribution in [2.45, 2.75) is 339 Å². The molecule has 1 saturated heterocycles. The summed E-state index contributed by atoms with van der Waals surface area (Å²) in [5.74, 6) is -0.701. The number of carbonyl (C=O) groups is 1. The molecule has 11 nitrogen and oxygen atoms in total. The van der Waals surface area contributed by atoms with Crippen LogP contribution in [0.5, 0.6) is 0 Å². The normalized spacial score (nSPS) is 20.4. The highest BCUT2D eigenvalue weighted by atomic mass is 16.7. The van der Waals surface area contributed by atoms with E-state index in [2.05, 4.69) is 31.3 Å². The van der Waals surface area contributed by atoms with Crippen LogP contribution in [-0.4, -0.2) is 110 Å². The molecule has 0 saturated carbocycles. The van der Waals surface area contributed by atoms with Gasteiger partial charge in [0.15, 0.2) is 6.29 Å². The Morgan fingerprint density at radius 1 is 0.493 bits per heavy atom. The van der Waals surface area contributed by atoms with Gasteiger partial charge in [0, 0.05) is 0 Å². The Kier molecular flexibility index (Phi) is 45.7. The summed E-state index contributed by atoms with van der Waals surface area (Å²) in [5, 5.41) is 76.0. The highest BCUT2D eigenvalue weighted by molar-refractivity contribution is 5.80. The third-order valence-corrected chi connectivity index (χ3v) is 14.6. The van der Waals surface area contributed by atoms with Crippen molar-refractivity contribution in [1.29, 1.82) is 0 Å². The Morgan fingerprint density at radius 2 is 0.855 bits per heavy atom. The SMILES string of the molecule is CCCCCCCCCCCC/C=C/CCCC(O)C(O)C(COC1OC(CO)C(O)C(O)C1O)NC(=O)C(O)CCCCCCCCCCCCCCCCCCCCCCCCCCCCC. The topological polar surface area (TPSA) is 189 Å². The van der Waals surface area contributed by atoms with Crippen LogP contribution >= 0.6 is 0 Å². The maximum atomic E-state index is 13.2. The van der Waals surface area contributed by atoms with Gasteiger partial charge in [0.2, 0.25) is 5.91 Å². The molecule has 9 atom stereocenters. The first-order valence-electron chi connectivity index (χ1n) is 29.6. The van der Waals surface area contributed by atoms with Crippen LogP contribution in [0.2, 0.25) is 0 Å². The minimum atomic E-state index is -1.66. The second kappa shape index (κ2) is 47.8. The Hall–Kier alpha value is -1.15. The van der Waals surface area contributed by atoms with E-state index in [1.807, 2.05) is 0 Å². The molecular formula is C58H113NO10. The first-order valence-corrected chi connectivity index (χ1v) is 29.6. The number of ether oxygens (including phenoxy) is 2. The molecule has 69 heavy (non-hydrogen) atoms. The summed E-state index contributed by atoms with van der Waals surface area (Å²) in [6.45, 7) is 3.47. The minimum Gasteiger partial charge on any atom is -0.394 e. The van der Waals surface area contributed by atoms with E-state index in [0.29, 0.717) is 12.8 Å². The zero-order valence-electron chi connectivity index (χ0n) is 44.8. The number of aliphatic hydroxyl groups excluding tert-OH is 7. The fraction of sp³-hybridized carbons (Fsp3) is 0.948. The molecule has 1 rings (SSSR count). The van der Waals surface area contributed by atoms with E-state index in [1.54, 1.807) is 0 Å². The van der Waals surface area contributed by atoms with Gasteiger partial charge in [-0.1, -0.05) is 257 Å². The van der Waals surface area contributed by atoms with E-state index in [-0.39, 0.29) is 12.8 Å². The molecule has 0 radical (unpaired) electrons. The van der Waals surface area contributed by atoms with Crippen molar-refractivity contribution in [2.75, 3.05) is 13.2 Å². The number of amides is 1. The molecule has 0 spiro atoms. The Morgan fingerprint density at radius 3 is 1.25 bits per heavy atom. The lowest BCUT2D eigenvalue weighted by atomic mass is 9.98. The first kappa shape index (κ1) is 65.9. The van der Waals surface area contributed by atoms with Gasteiger partial charge in [0.25, 0.3) is 0 Å². The van der Waals surface area contributed by atoms with Crippen molar-refractivity contribution >= 4 is 5.91 Å². The van der Waals surface area contributed by atoms with Gasteiger partial charge < -0.3 is 50.5 Å². The van der Waals surface area contributed by atoms with E-state index in [4.69, 9.17) is 9.47 Å². The number of rotatable bonds is 51. The standard InChI is InChI=1S/C58H113NO10/c1-3-5-7-9-11-13-15-17-19-20-21-22-23-24-25-26-27-28-29-30-32-34-36-38-40-42-44-46-51(62)57(67)59-49(48-68-58-56(66)55(65)54(64)52(47-60)69-58)53(63)50(61)45-43-41-39-37-35-33-31-18-16-14-12-10-8-6-4-2/h37,39,49-56,58,60-66H,3-36,38,40-48H2,1-2H3,(H,59,67)/b39-37+. The van der Waals surface area contributed by atoms with Crippen molar-refractivity contribution in [3.63, 3.8) is 0 Å². The van der Waals surface area contributed by atoms with Gasteiger partial charge >= 0.3 is 0 Å². The van der Waals surface area contributed by atoms with E-state index in [9.17, 15) is 40.5 Å². The van der Waals surface area contributed by atoms with Gasteiger partial charge in [-0.3, -0.25) is 4.79 Å². The zero-order valence-corrected chi connectivity index (χ0v) is 44.8. The lowest BCUT2D eigenvalue weighted by Gasteiger charge is -2.40. The lowest BCUT2D eigenvalue weighted by molar-refractivity contribution is -0.303. The zero-order chi connectivity index (χ0) is 50.4. The van der Waals surface area contributed by atoms with Gasteiger partial charge in [-0.15, -0.1) is 0 Å². The Bertz CT molecular complexity index is 1130. The van der Waals surface area contributed by atoms with E-state index < -0.39 is 74.2 Å². The summed E-state index contributed by atoms with van der Waals surface area (Å²) in [6.07, 6.45) is 44.2. The number of carbonyl (C=O) groups excluding carboxylic acids is 1. The number of allylic oxidation sites excluding steroid dienone is 2. The maximum Gasteiger partial charge on any atom is 0.249 e. The minimum absolute atomic E-state index is 0.260. The van der Waals surface area contributed by atoms with Crippen LogP contribution in [-0.2, 0) is 14.3 Å². The quantitative estimate of drug-likeness (QED) is 0.0215. The number of nitrogens with one attached hydrogen (secondary N) is 1. The molecule has 0 aromatic carbocycles. The van der Waals surface area contributed by atoms with Crippen molar-refractivity contribution in [3.05, 3.63) is 12.2 Å². The maximum absolute atomic E-state index is 13.2. The van der Waals surface area contributed by atoms with Crippen LogP contribution in [0.1, 0.15) is 284 Å². The second-order valence-corrected chi connectivity index (χ2v) is 21.1. The molecule has 1 aliphatic rings. The molecule has 0 aliphatic carbocycles. The fourth-order valence-corrected chi connectivity index (χ4v) is 9.74. The number of aliphatic hydroxyl groups is 7. The molecule has 0 aromatic rings. The predicted molar refractivity (Wildman–Crippen MR) is 284 cm³/mol. The Balaban J connectivity index is 2.25. The number of hydrogen-bond acceptors (Lipinski definition) is 10. The summed E-state index contributed by atoms with van der Waals surface area (Å²) in [4.78, 5) is 13.2. The van der Waals surface area contributed by atoms with Crippen molar-refractivity contribution in [1.82, 2.24) is 5.32 Å². The summed E-state index contributed by atoms with van der Waals surface area (Å²) in [6, 6.07) is -1.18. The Labute approximate surface area is 423 Å². The summed E-state index contributed by atoms with van der Waals surface area (Å²) in [7, 11) is 0. The smallest absolute Gasteiger partial charge is 0.249 e. The molecule has 0 bridgehead atoms. The molecule has 410 valence electrons. The monoisotopic (exact) mass is 984 g/mol. The predicted octanol–water partition coefficient (Wildman–Crippen LogP) is 12.4. The average molecular weight is 985 g/mol. The molecule has 8 N–H and O–H groups in total. The van der Waals surface area contributed by atoms with Gasteiger partial charge in [-0.05, 0) is 38.5 Å². The number of hydrogen-bond donors (Lipinski definition) is 8. The molecule has 0 aromatic heterocycles. The lowest BCUT2D eigenvalue weighted by Crippen LogP contribution is -2.60. The van der Waals surface area contributed by atoms with Crippen molar-refractivity contribution in [2.24, 2.45) is 0 Å². The summed E-state index contributed by atoms with van der Waals surface area (Å²) >= 11 is 0. The molecule has 1 fully saturated rings. The molecule has 1 heterocycles. The molecular weight excluding hydrogens is 871 g/mol. The third-order valence-electron chi connectivity index (χ3n) is 14.6. The average Bonchev–Trinajstić information content (AvgIpc) is 3.35. The summed E-state index contributed by atoms with van der Waals surface area (Å²) < 4.78 is 11.1.